The Balaban J connectivity index is 1.57. The van der Waals surface area contributed by atoms with Crippen LogP contribution in [-0.4, -0.2) is 26.3 Å². The molecule has 1 amide bonds. The molecule has 7 heteroatoms. The molecule has 0 saturated carbocycles. The molecular weight excluding hydrogens is 306 g/mol. The van der Waals surface area contributed by atoms with Crippen molar-refractivity contribution < 1.29 is 9.53 Å². The van der Waals surface area contributed by atoms with Crippen LogP contribution in [-0.2, 0) is 6.42 Å². The molecule has 0 aliphatic heterocycles. The van der Waals surface area contributed by atoms with Crippen LogP contribution in [0.15, 0.2) is 48.7 Å². The van der Waals surface area contributed by atoms with Crippen molar-refractivity contribution in [2.45, 2.75) is 12.8 Å². The number of aryl methyl sites for hydroxylation is 1. The van der Waals surface area contributed by atoms with Gasteiger partial charge in [0.25, 0.3) is 0 Å². The molecule has 0 aliphatic rings. The van der Waals surface area contributed by atoms with Crippen LogP contribution in [0, 0.1) is 6.42 Å². The predicted molar refractivity (Wildman–Crippen MR) is 88.0 cm³/mol. The molecule has 3 rings (SSSR count). The molecule has 2 aromatic heterocycles. The Morgan fingerprint density at radius 2 is 2.04 bits per heavy atom. The molecule has 7 nitrogen and oxygen atoms in total. The Labute approximate surface area is 138 Å². The molecule has 0 saturated heterocycles. The van der Waals surface area contributed by atoms with Crippen LogP contribution < -0.4 is 10.5 Å². The van der Waals surface area contributed by atoms with Gasteiger partial charge in [-0.15, -0.1) is 0 Å². The number of hydrogen-bond donors (Lipinski definition) is 2. The number of ether oxygens (including phenoxy) is 1. The molecule has 0 spiro atoms. The summed E-state index contributed by atoms with van der Waals surface area (Å²) in [6.45, 7) is 0. The number of nitrogens with zero attached hydrogens (tertiary/aromatic N) is 3. The third-order valence-electron chi connectivity index (χ3n) is 3.32. The lowest BCUT2D eigenvalue weighted by Gasteiger charge is -2.00. The highest BCUT2D eigenvalue weighted by Gasteiger charge is 2.08. The SMILES string of the molecule is NC(=O)Oc1ccc(-c2n[nH]c([CH]CCc3ccccc3)n2)cn1. The van der Waals surface area contributed by atoms with Gasteiger partial charge in [-0.3, -0.25) is 5.10 Å². The number of pyridine rings is 1. The fraction of sp³-hybridized carbons (Fsp3) is 0.118. The number of carbonyl (C=O) groups excluding carboxylic acids is 1. The molecule has 0 atom stereocenters. The topological polar surface area (TPSA) is 107 Å². The number of nitrogens with two attached hydrogens (primary N) is 1. The summed E-state index contributed by atoms with van der Waals surface area (Å²) in [5.41, 5.74) is 6.92. The first kappa shape index (κ1) is 15.7. The average Bonchev–Trinajstić information content (AvgIpc) is 3.05. The molecule has 0 bridgehead atoms. The standard InChI is InChI=1S/C17H16N5O2/c18-17(23)24-15-10-9-13(11-19-15)16-20-14(21-22-16)8-4-7-12-5-2-1-3-6-12/h1-3,5-6,8-11H,4,7H2,(H2,18,23)(H,20,21,22). The van der Waals surface area contributed by atoms with Gasteiger partial charge in [0, 0.05) is 24.2 Å². The zero-order valence-electron chi connectivity index (χ0n) is 12.8. The average molecular weight is 322 g/mol. The number of hydrogen-bond acceptors (Lipinski definition) is 5. The van der Waals surface area contributed by atoms with Crippen molar-refractivity contribution in [3.63, 3.8) is 0 Å². The van der Waals surface area contributed by atoms with Crippen LogP contribution in [0.2, 0.25) is 0 Å². The number of amides is 1. The molecule has 0 aliphatic carbocycles. The van der Waals surface area contributed by atoms with Crippen molar-refractivity contribution in [2.75, 3.05) is 0 Å². The highest BCUT2D eigenvalue weighted by molar-refractivity contribution is 5.67. The molecule has 0 unspecified atom stereocenters. The van der Waals surface area contributed by atoms with E-state index < -0.39 is 6.09 Å². The summed E-state index contributed by atoms with van der Waals surface area (Å²) >= 11 is 0. The maximum atomic E-state index is 10.7. The minimum atomic E-state index is -0.900. The van der Waals surface area contributed by atoms with E-state index >= 15 is 0 Å². The van der Waals surface area contributed by atoms with E-state index in [4.69, 9.17) is 5.73 Å². The van der Waals surface area contributed by atoms with E-state index in [0.717, 1.165) is 12.8 Å². The Morgan fingerprint density at radius 3 is 2.75 bits per heavy atom. The second-order valence-electron chi connectivity index (χ2n) is 5.08. The lowest BCUT2D eigenvalue weighted by molar-refractivity contribution is 0.209. The van der Waals surface area contributed by atoms with Gasteiger partial charge in [-0.1, -0.05) is 30.3 Å². The first-order chi connectivity index (χ1) is 11.7. The highest BCUT2D eigenvalue weighted by atomic mass is 16.6. The maximum Gasteiger partial charge on any atom is 0.411 e. The maximum absolute atomic E-state index is 10.7. The third kappa shape index (κ3) is 4.16. The molecule has 121 valence electrons. The van der Waals surface area contributed by atoms with Gasteiger partial charge in [0.2, 0.25) is 5.88 Å². The molecule has 24 heavy (non-hydrogen) atoms. The summed E-state index contributed by atoms with van der Waals surface area (Å²) < 4.78 is 4.68. The summed E-state index contributed by atoms with van der Waals surface area (Å²) in [6, 6.07) is 13.5. The summed E-state index contributed by atoms with van der Waals surface area (Å²) in [4.78, 5) is 19.0. The Morgan fingerprint density at radius 1 is 1.21 bits per heavy atom. The summed E-state index contributed by atoms with van der Waals surface area (Å²) in [7, 11) is 0. The largest absolute Gasteiger partial charge is 0.411 e. The number of aromatic nitrogens is 4. The summed E-state index contributed by atoms with van der Waals surface area (Å²) in [6.07, 6.45) is 4.43. The molecule has 3 N–H and O–H groups in total. The zero-order valence-corrected chi connectivity index (χ0v) is 12.8. The fourth-order valence-electron chi connectivity index (χ4n) is 2.19. The number of benzene rings is 1. The zero-order chi connectivity index (χ0) is 16.8. The van der Waals surface area contributed by atoms with E-state index in [-0.39, 0.29) is 5.88 Å². The van der Waals surface area contributed by atoms with Crippen LogP contribution in [0.5, 0.6) is 5.88 Å². The Kier molecular flexibility index (Phi) is 4.81. The number of aromatic amines is 1. The fourth-order valence-corrected chi connectivity index (χ4v) is 2.19. The summed E-state index contributed by atoms with van der Waals surface area (Å²) in [5, 5.41) is 7.05. The number of primary amides is 1. The van der Waals surface area contributed by atoms with Crippen LogP contribution in [0.3, 0.4) is 0 Å². The molecule has 0 fully saturated rings. The van der Waals surface area contributed by atoms with Gasteiger partial charge in [0.1, 0.15) is 5.82 Å². The van der Waals surface area contributed by atoms with Crippen molar-refractivity contribution in [2.24, 2.45) is 5.73 Å². The van der Waals surface area contributed by atoms with Crippen molar-refractivity contribution in [1.82, 2.24) is 20.2 Å². The smallest absolute Gasteiger partial charge is 0.391 e. The number of rotatable bonds is 6. The molecule has 1 aromatic carbocycles. The second kappa shape index (κ2) is 7.36. The minimum absolute atomic E-state index is 0.136. The summed E-state index contributed by atoms with van der Waals surface area (Å²) in [5.74, 6) is 1.37. The molecule has 1 radical (unpaired) electrons. The molecular formula is C17H16N5O2. The van der Waals surface area contributed by atoms with E-state index in [1.165, 1.54) is 17.8 Å². The van der Waals surface area contributed by atoms with Crippen molar-refractivity contribution in [3.8, 4) is 17.3 Å². The Hall–Kier alpha value is -3.22. The van der Waals surface area contributed by atoms with E-state index in [9.17, 15) is 4.79 Å². The number of nitrogens with one attached hydrogen (secondary N) is 1. The van der Waals surface area contributed by atoms with Crippen molar-refractivity contribution in [3.05, 3.63) is 66.5 Å². The third-order valence-corrected chi connectivity index (χ3v) is 3.32. The van der Waals surface area contributed by atoms with Crippen LogP contribution in [0.1, 0.15) is 17.8 Å². The molecule has 2 heterocycles. The first-order valence-corrected chi connectivity index (χ1v) is 7.44. The van der Waals surface area contributed by atoms with E-state index in [0.29, 0.717) is 17.2 Å². The highest BCUT2D eigenvalue weighted by Crippen LogP contribution is 2.17. The van der Waals surface area contributed by atoms with Gasteiger partial charge in [-0.05, 0) is 24.5 Å². The van der Waals surface area contributed by atoms with Crippen LogP contribution in [0.25, 0.3) is 11.4 Å². The lowest BCUT2D eigenvalue weighted by atomic mass is 10.1. The van der Waals surface area contributed by atoms with Crippen LogP contribution >= 0.6 is 0 Å². The van der Waals surface area contributed by atoms with Crippen molar-refractivity contribution >= 4 is 6.09 Å². The number of H-pyrrole nitrogens is 1. The predicted octanol–water partition coefficient (Wildman–Crippen LogP) is 2.51. The normalized spacial score (nSPS) is 10.5. The van der Waals surface area contributed by atoms with E-state index in [1.54, 1.807) is 6.07 Å². The van der Waals surface area contributed by atoms with Gasteiger partial charge in [-0.2, -0.15) is 5.10 Å². The molecule has 3 aromatic rings. The van der Waals surface area contributed by atoms with Gasteiger partial charge in [0.15, 0.2) is 5.82 Å². The minimum Gasteiger partial charge on any atom is -0.391 e. The monoisotopic (exact) mass is 322 g/mol. The Bertz CT molecular complexity index is 799. The van der Waals surface area contributed by atoms with Crippen molar-refractivity contribution in [1.29, 1.82) is 0 Å². The lowest BCUT2D eigenvalue weighted by Crippen LogP contribution is -2.16. The number of carbonyl (C=O) groups is 1. The quantitative estimate of drug-likeness (QED) is 0.725. The van der Waals surface area contributed by atoms with E-state index in [2.05, 4.69) is 37.0 Å². The van der Waals surface area contributed by atoms with Gasteiger partial charge >= 0.3 is 6.09 Å². The van der Waals surface area contributed by atoms with Crippen LogP contribution in [0.4, 0.5) is 4.79 Å². The first-order valence-electron chi connectivity index (χ1n) is 7.44. The van der Waals surface area contributed by atoms with Gasteiger partial charge in [0.05, 0.1) is 0 Å². The van der Waals surface area contributed by atoms with E-state index in [1.807, 2.05) is 24.6 Å². The van der Waals surface area contributed by atoms with Gasteiger partial charge < -0.3 is 10.5 Å². The van der Waals surface area contributed by atoms with Gasteiger partial charge in [-0.25, -0.2) is 14.8 Å². The second-order valence-corrected chi connectivity index (χ2v) is 5.08.